The molecule has 0 radical (unpaired) electrons. The lowest BCUT2D eigenvalue weighted by atomic mass is 10.0. The maximum atomic E-state index is 13.0. The van der Waals surface area contributed by atoms with Gasteiger partial charge in [0, 0.05) is 23.4 Å². The highest BCUT2D eigenvalue weighted by Crippen LogP contribution is 2.38. The van der Waals surface area contributed by atoms with E-state index in [0.29, 0.717) is 24.2 Å². The number of alkyl halides is 3. The Hall–Kier alpha value is -3.67. The van der Waals surface area contributed by atoms with Gasteiger partial charge in [-0.05, 0) is 37.5 Å². The van der Waals surface area contributed by atoms with Gasteiger partial charge < -0.3 is 20.3 Å². The molecule has 35 heavy (non-hydrogen) atoms. The van der Waals surface area contributed by atoms with Gasteiger partial charge >= 0.3 is 6.36 Å². The standard InChI is InChI=1S/C22H22ClF3N6O3/c23-17-11-14(8-9-15(17)16-5-1-2-7-19(16)35-22(24,25)26)30-21(34)18-6-3-4-10-32(18)20(33)12-28-13-29-31-27/h1-2,5,7-9,11,13,18H,3-4,6,10,12H2,(H,30,34)(H2,27,28,29). The van der Waals surface area contributed by atoms with Gasteiger partial charge in [-0.25, -0.2) is 0 Å². The number of amides is 2. The van der Waals surface area contributed by atoms with Crippen molar-refractivity contribution in [1.82, 2.24) is 10.2 Å². The second kappa shape index (κ2) is 11.6. The lowest BCUT2D eigenvalue weighted by molar-refractivity contribution is -0.274. The van der Waals surface area contributed by atoms with Crippen molar-refractivity contribution in [3.8, 4) is 16.9 Å². The van der Waals surface area contributed by atoms with Crippen molar-refractivity contribution >= 4 is 35.4 Å². The third kappa shape index (κ3) is 7.15. The summed E-state index contributed by atoms with van der Waals surface area (Å²) in [7, 11) is 0. The van der Waals surface area contributed by atoms with Crippen LogP contribution in [0.5, 0.6) is 5.75 Å². The van der Waals surface area contributed by atoms with Gasteiger partial charge in [0.1, 0.15) is 18.1 Å². The molecule has 9 nitrogen and oxygen atoms in total. The number of rotatable bonds is 8. The number of halogens is 4. The fourth-order valence-corrected chi connectivity index (χ4v) is 4.03. The molecule has 13 heteroatoms. The summed E-state index contributed by atoms with van der Waals surface area (Å²) in [5.74, 6) is -1.11. The zero-order valence-electron chi connectivity index (χ0n) is 18.3. The maximum Gasteiger partial charge on any atom is 0.573 e. The molecule has 1 aliphatic heterocycles. The van der Waals surface area contributed by atoms with E-state index in [2.05, 4.69) is 25.7 Å². The Morgan fingerprint density at radius 2 is 1.97 bits per heavy atom. The van der Waals surface area contributed by atoms with Gasteiger partial charge in [0.15, 0.2) is 0 Å². The third-order valence-electron chi connectivity index (χ3n) is 5.23. The van der Waals surface area contributed by atoms with Crippen molar-refractivity contribution < 1.29 is 27.5 Å². The second-order valence-electron chi connectivity index (χ2n) is 7.55. The van der Waals surface area contributed by atoms with Crippen LogP contribution in [0.1, 0.15) is 19.3 Å². The van der Waals surface area contributed by atoms with Crippen LogP contribution >= 0.6 is 11.6 Å². The van der Waals surface area contributed by atoms with E-state index in [1.165, 1.54) is 41.3 Å². The van der Waals surface area contributed by atoms with Gasteiger partial charge in [-0.2, -0.15) is 5.53 Å². The lowest BCUT2D eigenvalue weighted by Crippen LogP contribution is -2.52. The minimum atomic E-state index is -4.86. The molecule has 2 aromatic carbocycles. The molecule has 1 aliphatic rings. The second-order valence-corrected chi connectivity index (χ2v) is 7.96. The van der Waals surface area contributed by atoms with E-state index in [9.17, 15) is 22.8 Å². The predicted octanol–water partition coefficient (Wildman–Crippen LogP) is 4.79. The van der Waals surface area contributed by atoms with E-state index >= 15 is 0 Å². The van der Waals surface area contributed by atoms with Gasteiger partial charge in [0.25, 0.3) is 0 Å². The summed E-state index contributed by atoms with van der Waals surface area (Å²) >= 11 is 6.34. The van der Waals surface area contributed by atoms with Crippen LogP contribution in [-0.4, -0.2) is 48.5 Å². The van der Waals surface area contributed by atoms with Crippen molar-refractivity contribution in [1.29, 1.82) is 5.53 Å². The van der Waals surface area contributed by atoms with E-state index < -0.39 is 24.1 Å². The Morgan fingerprint density at radius 3 is 2.69 bits per heavy atom. The summed E-state index contributed by atoms with van der Waals surface area (Å²) in [4.78, 5) is 27.0. The number of piperidine rings is 1. The molecule has 3 rings (SSSR count). The van der Waals surface area contributed by atoms with E-state index in [0.717, 1.165) is 19.2 Å². The van der Waals surface area contributed by atoms with Crippen LogP contribution in [0.3, 0.4) is 0 Å². The maximum absolute atomic E-state index is 13.0. The Morgan fingerprint density at radius 1 is 1.20 bits per heavy atom. The number of para-hydroxylation sites is 1. The van der Waals surface area contributed by atoms with Crippen LogP contribution in [-0.2, 0) is 9.59 Å². The molecule has 0 bridgehead atoms. The summed E-state index contributed by atoms with van der Waals surface area (Å²) in [5.41, 5.74) is 7.35. The molecule has 1 fully saturated rings. The van der Waals surface area contributed by atoms with E-state index in [1.807, 2.05) is 0 Å². The highest BCUT2D eigenvalue weighted by atomic mass is 35.5. The Kier molecular flexibility index (Phi) is 8.63. The molecule has 2 aromatic rings. The Labute approximate surface area is 203 Å². The molecule has 1 saturated heterocycles. The quantitative estimate of drug-likeness (QED) is 0.205. The average molecular weight is 511 g/mol. The zero-order valence-corrected chi connectivity index (χ0v) is 19.1. The lowest BCUT2D eigenvalue weighted by Gasteiger charge is -2.34. The predicted molar refractivity (Wildman–Crippen MR) is 123 cm³/mol. The van der Waals surface area contributed by atoms with Crippen LogP contribution in [0.15, 0.2) is 52.8 Å². The van der Waals surface area contributed by atoms with Crippen molar-refractivity contribution in [2.45, 2.75) is 31.7 Å². The first kappa shape index (κ1) is 25.9. The van der Waals surface area contributed by atoms with Crippen molar-refractivity contribution in [3.05, 3.63) is 47.5 Å². The van der Waals surface area contributed by atoms with Gasteiger partial charge in [0.2, 0.25) is 11.8 Å². The summed E-state index contributed by atoms with van der Waals surface area (Å²) in [5, 5.41) is 11.5. The minimum absolute atomic E-state index is 0.108. The highest BCUT2D eigenvalue weighted by molar-refractivity contribution is 6.33. The minimum Gasteiger partial charge on any atom is -0.405 e. The summed E-state index contributed by atoms with van der Waals surface area (Å²) in [6, 6.07) is 9.34. The molecular weight excluding hydrogens is 489 g/mol. The third-order valence-corrected chi connectivity index (χ3v) is 5.54. The summed E-state index contributed by atoms with van der Waals surface area (Å²) < 4.78 is 42.4. The van der Waals surface area contributed by atoms with Crippen LogP contribution in [0.2, 0.25) is 5.02 Å². The summed E-state index contributed by atoms with van der Waals surface area (Å²) in [6.07, 6.45) is -1.75. The fourth-order valence-electron chi connectivity index (χ4n) is 3.75. The van der Waals surface area contributed by atoms with Gasteiger partial charge in [-0.1, -0.05) is 41.1 Å². The van der Waals surface area contributed by atoms with Crippen LogP contribution in [0.4, 0.5) is 18.9 Å². The number of nitrogens with one attached hydrogen (secondary N) is 3. The zero-order chi connectivity index (χ0) is 25.4. The number of hydrogen-bond acceptors (Lipinski definition) is 5. The number of anilines is 1. The first-order chi connectivity index (χ1) is 16.7. The topological polar surface area (TPSA) is 119 Å². The van der Waals surface area contributed by atoms with E-state index in [4.69, 9.17) is 17.1 Å². The largest absolute Gasteiger partial charge is 0.573 e. The number of hydrogen-bond donors (Lipinski definition) is 3. The molecule has 0 spiro atoms. The van der Waals surface area contributed by atoms with Gasteiger partial charge in [-0.3, -0.25) is 9.59 Å². The molecule has 186 valence electrons. The average Bonchev–Trinajstić information content (AvgIpc) is 2.81. The molecule has 1 atom stereocenters. The molecule has 2 amide bonds. The van der Waals surface area contributed by atoms with Gasteiger partial charge in [0.05, 0.1) is 11.6 Å². The van der Waals surface area contributed by atoms with Crippen LogP contribution in [0, 0.1) is 5.53 Å². The van der Waals surface area contributed by atoms with E-state index in [-0.39, 0.29) is 23.0 Å². The number of likely N-dealkylation sites (tertiary alicyclic amines) is 1. The van der Waals surface area contributed by atoms with Crippen molar-refractivity contribution in [3.63, 3.8) is 0 Å². The molecular formula is C22H22ClF3N6O3. The van der Waals surface area contributed by atoms with E-state index in [1.54, 1.807) is 6.07 Å². The Balaban J connectivity index is 1.73. The number of carbonyl (C=O) groups excluding carboxylic acids is 2. The molecule has 0 aromatic heterocycles. The first-order valence-corrected chi connectivity index (χ1v) is 10.9. The highest BCUT2D eigenvalue weighted by Gasteiger charge is 2.33. The van der Waals surface area contributed by atoms with Crippen molar-refractivity contribution in [2.75, 3.05) is 18.4 Å². The molecule has 0 saturated carbocycles. The SMILES string of the molecule is N=N/N=C\NCC(=O)N1CCCCC1C(=O)Nc1ccc(-c2ccccc2OC(F)(F)F)c(Cl)c1. The molecule has 0 aliphatic carbocycles. The van der Waals surface area contributed by atoms with Crippen molar-refractivity contribution in [2.24, 2.45) is 10.3 Å². The number of ether oxygens (including phenoxy) is 1. The molecule has 3 N–H and O–H groups in total. The monoisotopic (exact) mass is 510 g/mol. The normalized spacial score (nSPS) is 16.1. The van der Waals surface area contributed by atoms with Crippen LogP contribution in [0.25, 0.3) is 11.1 Å². The number of nitrogens with zero attached hydrogens (tertiary/aromatic N) is 3. The van der Waals surface area contributed by atoms with Gasteiger partial charge in [-0.15, -0.1) is 18.3 Å². The Bertz CT molecular complexity index is 1110. The van der Waals surface area contributed by atoms with Crippen LogP contribution < -0.4 is 15.4 Å². The smallest absolute Gasteiger partial charge is 0.405 e. The first-order valence-electron chi connectivity index (χ1n) is 10.6. The fraction of sp³-hybridized carbons (Fsp3) is 0.318. The number of carbonyl (C=O) groups is 2. The molecule has 1 heterocycles. The number of benzene rings is 2. The summed E-state index contributed by atoms with van der Waals surface area (Å²) in [6.45, 7) is 0.303. The molecule has 1 unspecified atom stereocenters.